The number of ether oxygens (including phenoxy) is 1. The van der Waals surface area contributed by atoms with E-state index in [4.69, 9.17) is 10.3 Å². The Hall–Kier alpha value is -2.09. The summed E-state index contributed by atoms with van der Waals surface area (Å²) in [4.78, 5) is 4.09. The van der Waals surface area contributed by atoms with E-state index in [1.807, 2.05) is 12.1 Å². The van der Waals surface area contributed by atoms with Crippen LogP contribution >= 0.6 is 0 Å². The molecule has 0 bridgehead atoms. The van der Waals surface area contributed by atoms with Crippen LogP contribution in [0, 0.1) is 0 Å². The van der Waals surface area contributed by atoms with Crippen molar-refractivity contribution in [1.82, 2.24) is 10.1 Å². The van der Waals surface area contributed by atoms with Gasteiger partial charge in [-0.3, -0.25) is 0 Å². The Morgan fingerprint density at radius 1 is 1.29 bits per heavy atom. The van der Waals surface area contributed by atoms with E-state index in [-0.39, 0.29) is 13.0 Å². The molecule has 21 heavy (non-hydrogen) atoms. The normalized spacial score (nSPS) is 11.8. The Bertz CT molecular complexity index is 584. The summed E-state index contributed by atoms with van der Waals surface area (Å²) in [6.07, 6.45) is -3.74. The summed E-state index contributed by atoms with van der Waals surface area (Å²) >= 11 is 0. The number of benzene rings is 1. The lowest BCUT2D eigenvalue weighted by molar-refractivity contribution is -0.173. The lowest BCUT2D eigenvalue weighted by Crippen LogP contribution is -2.18. The number of anilines is 1. The predicted molar refractivity (Wildman–Crippen MR) is 68.5 cm³/mol. The van der Waals surface area contributed by atoms with Crippen LogP contribution in [0.2, 0.25) is 0 Å². The third-order valence-corrected chi connectivity index (χ3v) is 2.55. The first-order valence-corrected chi connectivity index (χ1v) is 6.23. The maximum atomic E-state index is 11.9. The number of nitrogen functional groups attached to an aromatic ring is 1. The van der Waals surface area contributed by atoms with Crippen molar-refractivity contribution in [2.24, 2.45) is 0 Å². The van der Waals surface area contributed by atoms with Crippen LogP contribution in [0.25, 0.3) is 0 Å². The van der Waals surface area contributed by atoms with Gasteiger partial charge < -0.3 is 15.0 Å². The van der Waals surface area contributed by atoms with Crippen molar-refractivity contribution in [3.8, 4) is 0 Å². The minimum atomic E-state index is -4.32. The number of hydrogen-bond acceptors (Lipinski definition) is 5. The number of hydrogen-bond donors (Lipinski definition) is 1. The summed E-state index contributed by atoms with van der Waals surface area (Å²) in [6, 6.07) is 7.23. The molecule has 0 aliphatic heterocycles. The molecule has 114 valence electrons. The number of nitrogens with zero attached hydrogens (tertiary/aromatic N) is 2. The van der Waals surface area contributed by atoms with Crippen LogP contribution in [0.3, 0.4) is 0 Å². The maximum Gasteiger partial charge on any atom is 0.411 e. The van der Waals surface area contributed by atoms with Gasteiger partial charge in [-0.2, -0.15) is 18.2 Å². The highest BCUT2D eigenvalue weighted by molar-refractivity contribution is 5.41. The fraction of sp³-hybridized carbons (Fsp3) is 0.385. The summed E-state index contributed by atoms with van der Waals surface area (Å²) in [5, 5.41) is 3.69. The van der Waals surface area contributed by atoms with Crippen molar-refractivity contribution in [2.45, 2.75) is 19.0 Å². The zero-order chi connectivity index (χ0) is 15.3. The van der Waals surface area contributed by atoms with Crippen molar-refractivity contribution in [3.05, 3.63) is 41.5 Å². The van der Waals surface area contributed by atoms with Crippen LogP contribution < -0.4 is 5.73 Å². The summed E-state index contributed by atoms with van der Waals surface area (Å²) in [5.41, 5.74) is 7.21. The molecule has 0 saturated heterocycles. The molecule has 5 nitrogen and oxygen atoms in total. The average Bonchev–Trinajstić information content (AvgIpc) is 2.81. The van der Waals surface area contributed by atoms with Crippen molar-refractivity contribution >= 4 is 5.69 Å². The molecule has 0 amide bonds. The van der Waals surface area contributed by atoms with E-state index in [1.54, 1.807) is 12.1 Å². The molecule has 0 spiro atoms. The zero-order valence-corrected chi connectivity index (χ0v) is 11.1. The molecule has 1 aromatic carbocycles. The first kappa shape index (κ1) is 15.3. The van der Waals surface area contributed by atoms with Crippen molar-refractivity contribution in [1.29, 1.82) is 0 Å². The second kappa shape index (κ2) is 6.57. The fourth-order valence-electron chi connectivity index (χ4n) is 1.69. The number of rotatable bonds is 6. The minimum Gasteiger partial charge on any atom is -0.399 e. The van der Waals surface area contributed by atoms with E-state index in [0.717, 1.165) is 5.56 Å². The van der Waals surface area contributed by atoms with Crippen molar-refractivity contribution in [2.75, 3.05) is 18.9 Å². The topological polar surface area (TPSA) is 74.2 Å². The molecule has 2 rings (SSSR count). The number of halogens is 3. The summed E-state index contributed by atoms with van der Waals surface area (Å²) in [7, 11) is 0. The summed E-state index contributed by atoms with van der Waals surface area (Å²) in [5.74, 6) is 0.697. The van der Waals surface area contributed by atoms with E-state index in [2.05, 4.69) is 14.9 Å². The average molecular weight is 301 g/mol. The van der Waals surface area contributed by atoms with Gasteiger partial charge in [-0.05, 0) is 17.7 Å². The number of nitrogens with two attached hydrogens (primary N) is 1. The predicted octanol–water partition coefficient (Wildman–Crippen LogP) is 2.36. The monoisotopic (exact) mass is 301 g/mol. The van der Waals surface area contributed by atoms with Crippen LogP contribution in [-0.2, 0) is 17.6 Å². The van der Waals surface area contributed by atoms with Gasteiger partial charge >= 0.3 is 6.18 Å². The highest BCUT2D eigenvalue weighted by Gasteiger charge is 2.27. The maximum absolute atomic E-state index is 11.9. The Kier molecular flexibility index (Phi) is 4.79. The van der Waals surface area contributed by atoms with E-state index in [1.165, 1.54) is 0 Å². The molecule has 0 saturated carbocycles. The Labute approximate surface area is 118 Å². The third kappa shape index (κ3) is 5.42. The molecule has 1 heterocycles. The second-order valence-corrected chi connectivity index (χ2v) is 4.44. The molecule has 8 heteroatoms. The van der Waals surface area contributed by atoms with E-state index in [0.29, 0.717) is 23.8 Å². The largest absolute Gasteiger partial charge is 0.411 e. The van der Waals surface area contributed by atoms with Crippen LogP contribution in [-0.4, -0.2) is 29.5 Å². The second-order valence-electron chi connectivity index (χ2n) is 4.44. The first-order valence-electron chi connectivity index (χ1n) is 6.23. The van der Waals surface area contributed by atoms with Crippen molar-refractivity contribution in [3.63, 3.8) is 0 Å². The molecule has 0 unspecified atom stereocenters. The van der Waals surface area contributed by atoms with Gasteiger partial charge in [-0.25, -0.2) is 0 Å². The SMILES string of the molecule is Nc1cccc(Cc2nc(CCOCC(F)(F)F)no2)c1. The van der Waals surface area contributed by atoms with E-state index < -0.39 is 12.8 Å². The minimum absolute atomic E-state index is 0.114. The van der Waals surface area contributed by atoms with E-state index >= 15 is 0 Å². The Morgan fingerprint density at radius 2 is 2.10 bits per heavy atom. The Morgan fingerprint density at radius 3 is 2.81 bits per heavy atom. The van der Waals surface area contributed by atoms with Gasteiger partial charge in [0.2, 0.25) is 5.89 Å². The van der Waals surface area contributed by atoms with Gasteiger partial charge in [0, 0.05) is 12.1 Å². The van der Waals surface area contributed by atoms with Crippen molar-refractivity contribution < 1.29 is 22.4 Å². The lowest BCUT2D eigenvalue weighted by Gasteiger charge is -2.05. The van der Waals surface area contributed by atoms with Crippen LogP contribution in [0.1, 0.15) is 17.3 Å². The molecule has 0 atom stereocenters. The molecule has 2 N–H and O–H groups in total. The third-order valence-electron chi connectivity index (χ3n) is 2.55. The van der Waals surface area contributed by atoms with E-state index in [9.17, 15) is 13.2 Å². The van der Waals surface area contributed by atoms with Gasteiger partial charge in [0.15, 0.2) is 5.82 Å². The summed E-state index contributed by atoms with van der Waals surface area (Å²) in [6.45, 7) is -1.39. The molecule has 0 radical (unpaired) electrons. The molecule has 0 aliphatic carbocycles. The van der Waals surface area contributed by atoms with Gasteiger partial charge in [0.25, 0.3) is 0 Å². The Balaban J connectivity index is 1.81. The standard InChI is InChI=1S/C13H14F3N3O2/c14-13(15,16)8-20-5-4-11-18-12(21-19-11)7-9-2-1-3-10(17)6-9/h1-3,6H,4-5,7-8,17H2. The number of aromatic nitrogens is 2. The quantitative estimate of drug-likeness (QED) is 0.655. The molecule has 1 aromatic heterocycles. The molecule has 0 aliphatic rings. The summed E-state index contributed by atoms with van der Waals surface area (Å²) < 4.78 is 45.1. The van der Waals surface area contributed by atoms with Gasteiger partial charge in [0.1, 0.15) is 6.61 Å². The zero-order valence-electron chi connectivity index (χ0n) is 11.1. The molecule has 0 fully saturated rings. The van der Waals surface area contributed by atoms with Gasteiger partial charge in [-0.15, -0.1) is 0 Å². The van der Waals surface area contributed by atoms with Crippen LogP contribution in [0.5, 0.6) is 0 Å². The smallest absolute Gasteiger partial charge is 0.399 e. The van der Waals surface area contributed by atoms with Gasteiger partial charge in [-0.1, -0.05) is 17.3 Å². The fourth-order valence-corrected chi connectivity index (χ4v) is 1.69. The molecular weight excluding hydrogens is 287 g/mol. The van der Waals surface area contributed by atoms with Crippen LogP contribution in [0.4, 0.5) is 18.9 Å². The van der Waals surface area contributed by atoms with Crippen LogP contribution in [0.15, 0.2) is 28.8 Å². The molecule has 2 aromatic rings. The highest BCUT2D eigenvalue weighted by Crippen LogP contribution is 2.15. The number of alkyl halides is 3. The highest BCUT2D eigenvalue weighted by atomic mass is 19.4. The first-order chi connectivity index (χ1) is 9.92. The molecular formula is C13H14F3N3O2. The van der Waals surface area contributed by atoms with Gasteiger partial charge in [0.05, 0.1) is 13.0 Å². The lowest BCUT2D eigenvalue weighted by atomic mass is 10.1.